The standard InChI is InChI=1S/C18H17F2NO/c1-11-9-14(4-6-17(11)20)18(22)21-8-7-13-3-5-15(19)10-16(13)12(21)2/h3-6,9-10,12H,7-8H2,1-2H3. The minimum absolute atomic E-state index is 0.148. The van der Waals surface area contributed by atoms with Crippen LogP contribution < -0.4 is 0 Å². The van der Waals surface area contributed by atoms with E-state index in [0.29, 0.717) is 24.1 Å². The summed E-state index contributed by atoms with van der Waals surface area (Å²) in [6.07, 6.45) is 0.700. The van der Waals surface area contributed by atoms with Crippen molar-refractivity contribution in [2.45, 2.75) is 26.3 Å². The van der Waals surface area contributed by atoms with Crippen molar-refractivity contribution in [3.63, 3.8) is 0 Å². The van der Waals surface area contributed by atoms with Crippen molar-refractivity contribution in [1.82, 2.24) is 4.90 Å². The molecule has 0 N–H and O–H groups in total. The van der Waals surface area contributed by atoms with Crippen LogP contribution in [0.3, 0.4) is 0 Å². The second-order valence-electron chi connectivity index (χ2n) is 5.73. The third-order valence-corrected chi connectivity index (χ3v) is 4.31. The van der Waals surface area contributed by atoms with Gasteiger partial charge in [-0.15, -0.1) is 0 Å². The van der Waals surface area contributed by atoms with Crippen LogP contribution in [0.1, 0.15) is 40.0 Å². The first kappa shape index (κ1) is 14.7. The summed E-state index contributed by atoms with van der Waals surface area (Å²) >= 11 is 0. The first-order chi connectivity index (χ1) is 10.5. The smallest absolute Gasteiger partial charge is 0.254 e. The van der Waals surface area contributed by atoms with Crippen molar-refractivity contribution >= 4 is 5.91 Å². The highest BCUT2D eigenvalue weighted by atomic mass is 19.1. The van der Waals surface area contributed by atoms with Gasteiger partial charge in [0.05, 0.1) is 6.04 Å². The Morgan fingerprint density at radius 2 is 1.95 bits per heavy atom. The fraction of sp³-hybridized carbons (Fsp3) is 0.278. The lowest BCUT2D eigenvalue weighted by Gasteiger charge is -2.35. The summed E-state index contributed by atoms with van der Waals surface area (Å²) in [5.74, 6) is -0.765. The van der Waals surface area contributed by atoms with E-state index in [9.17, 15) is 13.6 Å². The molecule has 0 aliphatic carbocycles. The Hall–Kier alpha value is -2.23. The van der Waals surface area contributed by atoms with E-state index in [2.05, 4.69) is 0 Å². The summed E-state index contributed by atoms with van der Waals surface area (Å²) in [5, 5.41) is 0. The van der Waals surface area contributed by atoms with Gasteiger partial charge in [0.15, 0.2) is 0 Å². The molecule has 0 saturated heterocycles. The van der Waals surface area contributed by atoms with Crippen LogP contribution in [-0.4, -0.2) is 17.4 Å². The van der Waals surface area contributed by atoms with Crippen LogP contribution in [-0.2, 0) is 6.42 Å². The molecule has 4 heteroatoms. The SMILES string of the molecule is Cc1cc(C(=O)N2CCc3ccc(F)cc3C2C)ccc1F. The molecule has 1 atom stereocenters. The van der Waals surface area contributed by atoms with E-state index in [-0.39, 0.29) is 23.6 Å². The summed E-state index contributed by atoms with van der Waals surface area (Å²) < 4.78 is 26.8. The fourth-order valence-corrected chi connectivity index (χ4v) is 3.01. The predicted octanol–water partition coefficient (Wildman–Crippen LogP) is 4.03. The average molecular weight is 301 g/mol. The number of carbonyl (C=O) groups excluding carboxylic acids is 1. The normalized spacial score (nSPS) is 17.3. The van der Waals surface area contributed by atoms with Crippen molar-refractivity contribution in [3.05, 3.63) is 70.3 Å². The lowest BCUT2D eigenvalue weighted by Crippen LogP contribution is -2.39. The molecule has 0 spiro atoms. The molecular weight excluding hydrogens is 284 g/mol. The zero-order valence-electron chi connectivity index (χ0n) is 12.6. The maximum Gasteiger partial charge on any atom is 0.254 e. The van der Waals surface area contributed by atoms with Gasteiger partial charge in [-0.2, -0.15) is 0 Å². The molecule has 0 radical (unpaired) electrons. The highest BCUT2D eigenvalue weighted by Gasteiger charge is 2.28. The molecule has 22 heavy (non-hydrogen) atoms. The van der Waals surface area contributed by atoms with Crippen LogP contribution >= 0.6 is 0 Å². The molecule has 2 aromatic rings. The average Bonchev–Trinajstić information content (AvgIpc) is 2.50. The predicted molar refractivity (Wildman–Crippen MR) is 80.7 cm³/mol. The minimum Gasteiger partial charge on any atom is -0.332 e. The maximum atomic E-state index is 13.5. The summed E-state index contributed by atoms with van der Waals surface area (Å²) in [6.45, 7) is 4.11. The van der Waals surface area contributed by atoms with Crippen molar-refractivity contribution in [3.8, 4) is 0 Å². The van der Waals surface area contributed by atoms with Crippen LogP contribution in [0.25, 0.3) is 0 Å². The maximum absolute atomic E-state index is 13.5. The second kappa shape index (κ2) is 5.52. The molecule has 2 aromatic carbocycles. The van der Waals surface area contributed by atoms with Crippen molar-refractivity contribution in [2.75, 3.05) is 6.54 Å². The lowest BCUT2D eigenvalue weighted by molar-refractivity contribution is 0.0677. The number of nitrogens with zero attached hydrogens (tertiary/aromatic N) is 1. The van der Waals surface area contributed by atoms with Gasteiger partial charge in [-0.3, -0.25) is 4.79 Å². The Morgan fingerprint density at radius 1 is 1.18 bits per heavy atom. The van der Waals surface area contributed by atoms with E-state index >= 15 is 0 Å². The second-order valence-corrected chi connectivity index (χ2v) is 5.73. The quantitative estimate of drug-likeness (QED) is 0.778. The van der Waals surface area contributed by atoms with Gasteiger partial charge in [-0.05, 0) is 67.3 Å². The highest BCUT2D eigenvalue weighted by Crippen LogP contribution is 2.31. The molecule has 1 aliphatic rings. The first-order valence-electron chi connectivity index (χ1n) is 7.33. The van der Waals surface area contributed by atoms with E-state index < -0.39 is 0 Å². The third-order valence-electron chi connectivity index (χ3n) is 4.31. The summed E-state index contributed by atoms with van der Waals surface area (Å²) in [5.41, 5.74) is 2.83. The topological polar surface area (TPSA) is 20.3 Å². The Labute approximate surface area is 128 Å². The van der Waals surface area contributed by atoms with Gasteiger partial charge in [0.2, 0.25) is 0 Å². The van der Waals surface area contributed by atoms with Gasteiger partial charge in [0.1, 0.15) is 11.6 Å². The Bertz CT molecular complexity index is 742. The number of rotatable bonds is 1. The lowest BCUT2D eigenvalue weighted by atomic mass is 9.92. The molecule has 1 heterocycles. The Morgan fingerprint density at radius 3 is 2.68 bits per heavy atom. The van der Waals surface area contributed by atoms with Crippen LogP contribution in [0.5, 0.6) is 0 Å². The van der Waals surface area contributed by atoms with Gasteiger partial charge >= 0.3 is 0 Å². The Balaban J connectivity index is 1.92. The van der Waals surface area contributed by atoms with Gasteiger partial charge in [0.25, 0.3) is 5.91 Å². The molecule has 0 saturated carbocycles. The van der Waals surface area contributed by atoms with Crippen LogP contribution in [0.4, 0.5) is 8.78 Å². The van der Waals surface area contributed by atoms with Gasteiger partial charge in [-0.25, -0.2) is 8.78 Å². The van der Waals surface area contributed by atoms with Gasteiger partial charge < -0.3 is 4.90 Å². The van der Waals surface area contributed by atoms with Gasteiger partial charge in [0, 0.05) is 12.1 Å². The molecule has 1 amide bonds. The molecule has 0 aromatic heterocycles. The number of hydrogen-bond donors (Lipinski definition) is 0. The summed E-state index contributed by atoms with van der Waals surface area (Å²) in [7, 11) is 0. The number of carbonyl (C=O) groups is 1. The van der Waals surface area contributed by atoms with Gasteiger partial charge in [-0.1, -0.05) is 6.07 Å². The first-order valence-corrected chi connectivity index (χ1v) is 7.33. The zero-order valence-corrected chi connectivity index (χ0v) is 12.6. The number of halogens is 2. The van der Waals surface area contributed by atoms with Crippen LogP contribution in [0.2, 0.25) is 0 Å². The molecule has 0 bridgehead atoms. The molecule has 1 aliphatic heterocycles. The number of hydrogen-bond acceptors (Lipinski definition) is 1. The number of benzene rings is 2. The number of amides is 1. The summed E-state index contributed by atoms with van der Waals surface area (Å²) in [6, 6.07) is 8.90. The molecule has 2 nitrogen and oxygen atoms in total. The van der Waals surface area contributed by atoms with Crippen molar-refractivity contribution < 1.29 is 13.6 Å². The van der Waals surface area contributed by atoms with Crippen molar-refractivity contribution in [1.29, 1.82) is 0 Å². The molecular formula is C18H17F2NO. The van der Waals surface area contributed by atoms with Crippen LogP contribution in [0.15, 0.2) is 36.4 Å². The van der Waals surface area contributed by atoms with Crippen LogP contribution in [0, 0.1) is 18.6 Å². The molecule has 3 rings (SSSR count). The summed E-state index contributed by atoms with van der Waals surface area (Å²) in [4.78, 5) is 14.4. The van der Waals surface area contributed by atoms with E-state index in [1.807, 2.05) is 6.92 Å². The molecule has 114 valence electrons. The highest BCUT2D eigenvalue weighted by molar-refractivity contribution is 5.94. The Kier molecular flexibility index (Phi) is 3.69. The van der Waals surface area contributed by atoms with Crippen molar-refractivity contribution in [2.24, 2.45) is 0 Å². The monoisotopic (exact) mass is 301 g/mol. The van der Waals surface area contributed by atoms with E-state index in [1.165, 1.54) is 24.3 Å². The minimum atomic E-state index is -0.323. The van der Waals surface area contributed by atoms with E-state index in [4.69, 9.17) is 0 Å². The van der Waals surface area contributed by atoms with E-state index in [0.717, 1.165) is 11.1 Å². The molecule has 0 fully saturated rings. The zero-order chi connectivity index (χ0) is 15.9. The number of fused-ring (bicyclic) bond motifs is 1. The van der Waals surface area contributed by atoms with E-state index in [1.54, 1.807) is 24.0 Å². The largest absolute Gasteiger partial charge is 0.332 e. The number of aryl methyl sites for hydroxylation is 1. The molecule has 1 unspecified atom stereocenters. The fourth-order valence-electron chi connectivity index (χ4n) is 3.01. The third kappa shape index (κ3) is 2.49.